The molecule has 4 heterocycles. The number of amides is 1. The molecule has 2 atom stereocenters. The standard InChI is InChI=1S/C57H55FN6O3S/c1-6-68-54-59-51-45(53(60-54)62-32-43-29-42(62)33-63(43)55(65)67-56(3,4)5)30-44(38-27-28-38)50(52(51)66-35-37-19-11-7-12-20-37)49-36(2)47(58)31-48-46(49)34-64(61-48)57(39-21-13-8-14-22-39,40-23-15-9-16-24-40)41-25-17-10-18-26-41/h7-26,30-31,34,38,42-43H,6,27-29,32-33,35H2,1-5H3/t42-,43-/m0/s1. The number of hydrogen-bond donors (Lipinski definition) is 0. The van der Waals surface area contributed by atoms with Crippen molar-refractivity contribution >= 4 is 45.5 Å². The number of rotatable bonds is 12. The lowest BCUT2D eigenvalue weighted by molar-refractivity contribution is 0.0214. The monoisotopic (exact) mass is 922 g/mol. The average molecular weight is 923 g/mol. The van der Waals surface area contributed by atoms with Gasteiger partial charge in [0.25, 0.3) is 0 Å². The summed E-state index contributed by atoms with van der Waals surface area (Å²) in [5.74, 6) is 2.09. The van der Waals surface area contributed by atoms with Gasteiger partial charge in [-0.05, 0) is 98.1 Å². The van der Waals surface area contributed by atoms with Crippen LogP contribution < -0.4 is 9.64 Å². The van der Waals surface area contributed by atoms with E-state index in [0.29, 0.717) is 40.6 Å². The number of ether oxygens (including phenoxy) is 2. The van der Waals surface area contributed by atoms with E-state index in [1.807, 2.05) is 73.7 Å². The van der Waals surface area contributed by atoms with E-state index in [1.54, 1.807) is 17.8 Å². The number of thioether (sulfide) groups is 1. The fourth-order valence-corrected chi connectivity index (χ4v) is 11.2. The van der Waals surface area contributed by atoms with Crippen LogP contribution in [0.2, 0.25) is 0 Å². The summed E-state index contributed by atoms with van der Waals surface area (Å²) in [7, 11) is 0. The first-order valence-electron chi connectivity index (χ1n) is 23.8. The second-order valence-electron chi connectivity index (χ2n) is 19.4. The molecule has 3 aliphatic rings. The molecule has 11 heteroatoms. The van der Waals surface area contributed by atoms with Crippen LogP contribution in [0.15, 0.2) is 145 Å². The van der Waals surface area contributed by atoms with Crippen LogP contribution in [0.25, 0.3) is 32.9 Å². The molecule has 2 aliphatic heterocycles. The summed E-state index contributed by atoms with van der Waals surface area (Å²) in [4.78, 5) is 28.3. The fourth-order valence-electron chi connectivity index (χ4n) is 10.6. The predicted molar refractivity (Wildman–Crippen MR) is 269 cm³/mol. The Kier molecular flexibility index (Phi) is 11.2. The van der Waals surface area contributed by atoms with E-state index in [9.17, 15) is 4.79 Å². The van der Waals surface area contributed by atoms with E-state index >= 15 is 4.39 Å². The van der Waals surface area contributed by atoms with Crippen LogP contribution in [0.3, 0.4) is 0 Å². The number of carbonyl (C=O) groups is 1. The van der Waals surface area contributed by atoms with Crippen LogP contribution in [-0.2, 0) is 16.9 Å². The van der Waals surface area contributed by atoms with Crippen LogP contribution in [0.5, 0.6) is 5.75 Å². The number of hydrogen-bond acceptors (Lipinski definition) is 8. The Bertz CT molecular complexity index is 3060. The molecule has 1 amide bonds. The molecule has 1 aliphatic carbocycles. The van der Waals surface area contributed by atoms with Gasteiger partial charge in [-0.3, -0.25) is 4.68 Å². The highest BCUT2D eigenvalue weighted by molar-refractivity contribution is 7.99. The molecule has 6 aromatic carbocycles. The highest BCUT2D eigenvalue weighted by Crippen LogP contribution is 2.54. The molecule has 0 unspecified atom stereocenters. The quantitative estimate of drug-likeness (QED) is 0.0680. The molecule has 2 bridgehead atoms. The SMILES string of the molecule is CCSc1nc(N2C[C@@H]3C[C@H]2CN3C(=O)OC(C)(C)C)c2cc(C3CC3)c(-c3c(C)c(F)cc4nn(C(c5ccccc5)(c5ccccc5)c5ccccc5)cc34)c(OCc3ccccc3)c2n1. The average Bonchev–Trinajstić information content (AvgIpc) is 3.78. The highest BCUT2D eigenvalue weighted by Gasteiger charge is 2.48. The molecule has 2 aromatic heterocycles. The lowest BCUT2D eigenvalue weighted by atomic mass is 9.77. The minimum absolute atomic E-state index is 0.00679. The Balaban J connectivity index is 1.16. The van der Waals surface area contributed by atoms with E-state index in [2.05, 4.69) is 109 Å². The first-order valence-corrected chi connectivity index (χ1v) is 24.8. The summed E-state index contributed by atoms with van der Waals surface area (Å²) in [5, 5.41) is 7.76. The molecule has 2 saturated heterocycles. The molecular formula is C57H55FN6O3S. The lowest BCUT2D eigenvalue weighted by Crippen LogP contribution is -2.50. The zero-order chi connectivity index (χ0) is 46.7. The van der Waals surface area contributed by atoms with Crippen molar-refractivity contribution in [3.05, 3.63) is 179 Å². The van der Waals surface area contributed by atoms with Gasteiger partial charge in [-0.2, -0.15) is 5.10 Å². The fraction of sp³-hybridized carbons (Fsp3) is 0.298. The van der Waals surface area contributed by atoms with Gasteiger partial charge in [0, 0.05) is 47.3 Å². The summed E-state index contributed by atoms with van der Waals surface area (Å²) in [6.45, 7) is 11.2. The zero-order valence-electron chi connectivity index (χ0n) is 39.2. The first kappa shape index (κ1) is 43.8. The van der Waals surface area contributed by atoms with Gasteiger partial charge in [0.2, 0.25) is 0 Å². The predicted octanol–water partition coefficient (Wildman–Crippen LogP) is 12.7. The molecule has 9 nitrogen and oxygen atoms in total. The molecule has 0 spiro atoms. The van der Waals surface area contributed by atoms with E-state index in [4.69, 9.17) is 24.5 Å². The van der Waals surface area contributed by atoms with E-state index in [-0.39, 0.29) is 36.5 Å². The lowest BCUT2D eigenvalue weighted by Gasteiger charge is -2.36. The topological polar surface area (TPSA) is 85.6 Å². The highest BCUT2D eigenvalue weighted by atomic mass is 32.2. The number of nitrogens with zero attached hydrogens (tertiary/aromatic N) is 6. The van der Waals surface area contributed by atoms with Crippen molar-refractivity contribution in [2.45, 2.75) is 94.8 Å². The van der Waals surface area contributed by atoms with Crippen LogP contribution in [0.4, 0.5) is 15.0 Å². The number of benzene rings is 6. The molecule has 1 saturated carbocycles. The molecule has 3 fully saturated rings. The Hall–Kier alpha value is -6.72. The molecule has 0 radical (unpaired) electrons. The molecule has 0 N–H and O–H groups in total. The largest absolute Gasteiger partial charge is 0.486 e. The Labute approximate surface area is 401 Å². The number of halogens is 1. The Morgan fingerprint density at radius 2 is 1.40 bits per heavy atom. The summed E-state index contributed by atoms with van der Waals surface area (Å²) in [6, 6.07) is 45.4. The van der Waals surface area contributed by atoms with Crippen molar-refractivity contribution < 1.29 is 18.7 Å². The van der Waals surface area contributed by atoms with Crippen molar-refractivity contribution in [1.82, 2.24) is 24.6 Å². The minimum atomic E-state index is -0.914. The first-order chi connectivity index (χ1) is 33.0. The van der Waals surface area contributed by atoms with Gasteiger partial charge in [-0.1, -0.05) is 140 Å². The summed E-state index contributed by atoms with van der Waals surface area (Å²) >= 11 is 1.59. The third kappa shape index (κ3) is 7.74. The van der Waals surface area contributed by atoms with Gasteiger partial charge in [0.1, 0.15) is 34.9 Å². The van der Waals surface area contributed by atoms with Crippen LogP contribution in [0, 0.1) is 12.7 Å². The minimum Gasteiger partial charge on any atom is -0.486 e. The zero-order valence-corrected chi connectivity index (χ0v) is 40.0. The number of carbonyl (C=O) groups excluding carboxylic acids is 1. The van der Waals surface area contributed by atoms with Crippen molar-refractivity contribution in [2.24, 2.45) is 0 Å². The van der Waals surface area contributed by atoms with Gasteiger partial charge in [0.05, 0.1) is 17.6 Å². The summed E-state index contributed by atoms with van der Waals surface area (Å²) < 4.78 is 32.1. The molecule has 68 heavy (non-hydrogen) atoms. The van der Waals surface area contributed by atoms with Gasteiger partial charge < -0.3 is 19.3 Å². The second-order valence-corrected chi connectivity index (χ2v) is 20.6. The number of likely N-dealkylation sites (tertiary alicyclic amines) is 1. The van der Waals surface area contributed by atoms with Gasteiger partial charge in [-0.25, -0.2) is 19.2 Å². The van der Waals surface area contributed by atoms with Crippen LogP contribution >= 0.6 is 11.8 Å². The van der Waals surface area contributed by atoms with Gasteiger partial charge in [0.15, 0.2) is 10.9 Å². The Morgan fingerprint density at radius 3 is 1.96 bits per heavy atom. The van der Waals surface area contributed by atoms with Crippen molar-refractivity contribution in [2.75, 3.05) is 23.7 Å². The maximum Gasteiger partial charge on any atom is 0.410 e. The normalized spacial score (nSPS) is 17.1. The second kappa shape index (κ2) is 17.4. The molecule has 344 valence electrons. The maximum atomic E-state index is 17.1. The van der Waals surface area contributed by atoms with Crippen molar-refractivity contribution in [3.63, 3.8) is 0 Å². The van der Waals surface area contributed by atoms with E-state index in [1.165, 1.54) is 0 Å². The maximum absolute atomic E-state index is 17.1. The summed E-state index contributed by atoms with van der Waals surface area (Å²) in [6.07, 6.45) is 4.66. The van der Waals surface area contributed by atoms with Crippen molar-refractivity contribution in [1.29, 1.82) is 0 Å². The third-order valence-electron chi connectivity index (χ3n) is 13.8. The smallest absolute Gasteiger partial charge is 0.410 e. The van der Waals surface area contributed by atoms with Gasteiger partial charge in [-0.15, -0.1) is 0 Å². The molecule has 8 aromatic rings. The van der Waals surface area contributed by atoms with Crippen molar-refractivity contribution in [3.8, 4) is 16.9 Å². The van der Waals surface area contributed by atoms with Crippen LogP contribution in [-0.4, -0.2) is 67.3 Å². The number of piperazine rings is 1. The number of fused-ring (bicyclic) bond motifs is 4. The Morgan fingerprint density at radius 1 is 0.779 bits per heavy atom. The third-order valence-corrected chi connectivity index (χ3v) is 14.5. The molecule has 11 rings (SSSR count). The van der Waals surface area contributed by atoms with E-state index in [0.717, 1.165) is 80.5 Å². The van der Waals surface area contributed by atoms with Crippen LogP contribution in [0.1, 0.15) is 86.3 Å². The van der Waals surface area contributed by atoms with E-state index < -0.39 is 11.1 Å². The number of aromatic nitrogens is 4. The van der Waals surface area contributed by atoms with Gasteiger partial charge >= 0.3 is 6.09 Å². The summed E-state index contributed by atoms with van der Waals surface area (Å²) in [5.41, 5.74) is 7.00. The number of anilines is 1. The molecular weight excluding hydrogens is 868 g/mol.